The van der Waals surface area contributed by atoms with Gasteiger partial charge in [0.25, 0.3) is 23.6 Å². The molecule has 0 saturated carbocycles. The second-order valence-corrected chi connectivity index (χ2v) is 5.79. The highest BCUT2D eigenvalue weighted by Gasteiger charge is 2.47. The molecule has 0 aromatic heterocycles. The molecule has 4 rings (SSSR count). The molecule has 25 heavy (non-hydrogen) atoms. The average Bonchev–Trinajstić information content (AvgIpc) is 2.99. The zero-order valence-electron chi connectivity index (χ0n) is 13.1. The summed E-state index contributed by atoms with van der Waals surface area (Å²) in [4.78, 5) is 52.0. The average molecular weight is 334 g/mol. The third kappa shape index (κ3) is 1.92. The molecule has 2 aliphatic rings. The summed E-state index contributed by atoms with van der Waals surface area (Å²) < 4.78 is 0. The SMILES string of the molecule is C[C](N1C(=O)c2ccccc2C1=O)N1C(=O)c2ccc(N)cc2C1=O. The molecular weight excluding hydrogens is 322 g/mol. The number of nitrogens with two attached hydrogens (primary N) is 1. The molecule has 0 atom stereocenters. The number of anilines is 1. The molecule has 7 heteroatoms. The van der Waals surface area contributed by atoms with E-state index in [0.717, 1.165) is 9.80 Å². The molecule has 123 valence electrons. The largest absolute Gasteiger partial charge is 0.399 e. The standard InChI is InChI=1S/C18H12N3O4/c1-9(20-15(22)11-4-2-3-5-12(11)16(20)23)21-17(24)13-7-6-10(19)8-14(13)18(21)25/h2-8H,19H2,1H3. The molecule has 7 nitrogen and oxygen atoms in total. The molecule has 0 saturated heterocycles. The van der Waals surface area contributed by atoms with Crippen LogP contribution in [-0.4, -0.2) is 33.4 Å². The predicted octanol–water partition coefficient (Wildman–Crippen LogP) is 1.67. The number of benzene rings is 2. The third-order valence-electron chi connectivity index (χ3n) is 4.35. The summed E-state index contributed by atoms with van der Waals surface area (Å²) in [5.74, 6) is -2.32. The van der Waals surface area contributed by atoms with Crippen LogP contribution in [0.15, 0.2) is 42.5 Å². The van der Waals surface area contributed by atoms with Gasteiger partial charge in [-0.25, -0.2) is 9.80 Å². The lowest BCUT2D eigenvalue weighted by atomic mass is 10.1. The van der Waals surface area contributed by atoms with E-state index in [1.165, 1.54) is 37.3 Å². The first-order valence-electron chi connectivity index (χ1n) is 7.51. The smallest absolute Gasteiger partial charge is 0.263 e. The van der Waals surface area contributed by atoms with Crippen molar-refractivity contribution in [2.75, 3.05) is 5.73 Å². The Hall–Kier alpha value is -3.48. The van der Waals surface area contributed by atoms with Crippen LogP contribution in [0.4, 0.5) is 5.69 Å². The Balaban J connectivity index is 1.73. The summed E-state index contributed by atoms with van der Waals surface area (Å²) in [6.45, 7) is 1.40. The van der Waals surface area contributed by atoms with Crippen LogP contribution in [0.25, 0.3) is 0 Å². The van der Waals surface area contributed by atoms with E-state index in [1.54, 1.807) is 12.1 Å². The van der Waals surface area contributed by atoms with Crippen molar-refractivity contribution in [1.82, 2.24) is 9.80 Å². The Labute approximate surface area is 142 Å². The van der Waals surface area contributed by atoms with Crippen LogP contribution < -0.4 is 5.73 Å². The number of carbonyl (C=O) groups excluding carboxylic acids is 4. The maximum absolute atomic E-state index is 12.6. The Morgan fingerprint density at radius 3 is 1.68 bits per heavy atom. The lowest BCUT2D eigenvalue weighted by molar-refractivity contribution is 0.0494. The van der Waals surface area contributed by atoms with Crippen LogP contribution in [0.5, 0.6) is 0 Å². The zero-order chi connectivity index (χ0) is 17.9. The van der Waals surface area contributed by atoms with Gasteiger partial charge in [-0.1, -0.05) is 12.1 Å². The predicted molar refractivity (Wildman–Crippen MR) is 87.2 cm³/mol. The number of fused-ring (bicyclic) bond motifs is 2. The lowest BCUT2D eigenvalue weighted by Crippen LogP contribution is -2.45. The number of amides is 4. The molecule has 0 aliphatic carbocycles. The minimum absolute atomic E-state index is 0.0454. The van der Waals surface area contributed by atoms with Crippen molar-refractivity contribution in [3.05, 3.63) is 70.9 Å². The number of nitrogens with zero attached hydrogens (tertiary/aromatic N) is 2. The van der Waals surface area contributed by atoms with E-state index in [1.807, 2.05) is 0 Å². The number of imide groups is 2. The molecule has 0 bridgehead atoms. The van der Waals surface area contributed by atoms with Crippen LogP contribution in [-0.2, 0) is 0 Å². The normalized spacial score (nSPS) is 16.1. The first-order valence-corrected chi connectivity index (χ1v) is 7.51. The Kier molecular flexibility index (Phi) is 3.02. The van der Waals surface area contributed by atoms with E-state index in [4.69, 9.17) is 5.73 Å². The van der Waals surface area contributed by atoms with Gasteiger partial charge in [0.2, 0.25) is 0 Å². The molecule has 2 aromatic carbocycles. The van der Waals surface area contributed by atoms with E-state index in [0.29, 0.717) is 5.69 Å². The summed E-state index contributed by atoms with van der Waals surface area (Å²) >= 11 is 0. The Bertz CT molecular complexity index is 947. The first-order chi connectivity index (χ1) is 11.9. The summed E-state index contributed by atoms with van der Waals surface area (Å²) in [5, 5.41) is 0. The molecule has 4 amide bonds. The fourth-order valence-electron chi connectivity index (χ4n) is 3.14. The van der Waals surface area contributed by atoms with Crippen molar-refractivity contribution in [3.63, 3.8) is 0 Å². The number of nitrogen functional groups attached to an aromatic ring is 1. The molecule has 2 N–H and O–H groups in total. The van der Waals surface area contributed by atoms with E-state index >= 15 is 0 Å². The highest BCUT2D eigenvalue weighted by Crippen LogP contribution is 2.34. The van der Waals surface area contributed by atoms with E-state index in [2.05, 4.69) is 0 Å². The minimum atomic E-state index is -0.610. The maximum atomic E-state index is 12.6. The van der Waals surface area contributed by atoms with Crippen LogP contribution in [0.3, 0.4) is 0 Å². The van der Waals surface area contributed by atoms with Crippen molar-refractivity contribution in [2.45, 2.75) is 6.92 Å². The topological polar surface area (TPSA) is 101 Å². The van der Waals surface area contributed by atoms with Crippen molar-refractivity contribution in [3.8, 4) is 0 Å². The molecule has 2 heterocycles. The van der Waals surface area contributed by atoms with Crippen molar-refractivity contribution in [1.29, 1.82) is 0 Å². The maximum Gasteiger partial charge on any atom is 0.263 e. The van der Waals surface area contributed by atoms with Gasteiger partial charge in [-0.2, -0.15) is 0 Å². The summed E-state index contributed by atoms with van der Waals surface area (Å²) in [6, 6.07) is 10.7. The summed E-state index contributed by atoms with van der Waals surface area (Å²) in [5.41, 5.74) is 6.85. The fraction of sp³-hybridized carbons (Fsp3) is 0.0556. The number of carbonyl (C=O) groups is 4. The van der Waals surface area contributed by atoms with Crippen molar-refractivity contribution >= 4 is 29.3 Å². The van der Waals surface area contributed by atoms with Gasteiger partial charge in [-0.15, -0.1) is 0 Å². The molecular formula is C18H12N3O4. The number of hydrogen-bond donors (Lipinski definition) is 1. The minimum Gasteiger partial charge on any atom is -0.399 e. The van der Waals surface area contributed by atoms with Gasteiger partial charge in [0, 0.05) is 5.69 Å². The van der Waals surface area contributed by atoms with Crippen LogP contribution >= 0.6 is 0 Å². The second-order valence-electron chi connectivity index (χ2n) is 5.79. The second kappa shape index (κ2) is 5.01. The zero-order valence-corrected chi connectivity index (χ0v) is 13.1. The van der Waals surface area contributed by atoms with Crippen LogP contribution in [0.1, 0.15) is 48.4 Å². The van der Waals surface area contributed by atoms with E-state index in [9.17, 15) is 19.2 Å². The number of rotatable bonds is 2. The van der Waals surface area contributed by atoms with Gasteiger partial charge in [-0.05, 0) is 37.3 Å². The van der Waals surface area contributed by atoms with E-state index in [-0.39, 0.29) is 28.4 Å². The van der Waals surface area contributed by atoms with Gasteiger partial charge < -0.3 is 5.73 Å². The quantitative estimate of drug-likeness (QED) is 0.665. The third-order valence-corrected chi connectivity index (χ3v) is 4.35. The van der Waals surface area contributed by atoms with Gasteiger partial charge >= 0.3 is 0 Å². The van der Waals surface area contributed by atoms with Crippen LogP contribution in [0, 0.1) is 6.17 Å². The highest BCUT2D eigenvalue weighted by molar-refractivity contribution is 6.25. The highest BCUT2D eigenvalue weighted by atomic mass is 16.2. The summed E-state index contributed by atoms with van der Waals surface area (Å²) in [7, 11) is 0. The van der Waals surface area contributed by atoms with Crippen molar-refractivity contribution in [2.24, 2.45) is 0 Å². The lowest BCUT2D eigenvalue weighted by Gasteiger charge is -2.27. The number of hydrogen-bond acceptors (Lipinski definition) is 5. The molecule has 2 aromatic rings. The van der Waals surface area contributed by atoms with Gasteiger partial charge in [0.05, 0.1) is 22.3 Å². The van der Waals surface area contributed by atoms with Crippen LogP contribution in [0.2, 0.25) is 0 Å². The molecule has 1 radical (unpaired) electrons. The monoisotopic (exact) mass is 334 g/mol. The van der Waals surface area contributed by atoms with Crippen molar-refractivity contribution < 1.29 is 19.2 Å². The Morgan fingerprint density at radius 1 is 0.720 bits per heavy atom. The van der Waals surface area contributed by atoms with E-state index < -0.39 is 23.6 Å². The fourth-order valence-corrected chi connectivity index (χ4v) is 3.14. The Morgan fingerprint density at radius 2 is 1.16 bits per heavy atom. The van der Waals surface area contributed by atoms with Gasteiger partial charge in [-0.3, -0.25) is 19.2 Å². The van der Waals surface area contributed by atoms with Gasteiger partial charge in [0.15, 0.2) is 6.17 Å². The molecule has 0 unspecified atom stereocenters. The molecule has 0 spiro atoms. The molecule has 2 aliphatic heterocycles. The first kappa shape index (κ1) is 15.1. The molecule has 0 fully saturated rings. The van der Waals surface area contributed by atoms with Gasteiger partial charge in [0.1, 0.15) is 0 Å². The summed E-state index contributed by atoms with van der Waals surface area (Å²) in [6.07, 6.45) is -0.0454.